The van der Waals surface area contributed by atoms with Gasteiger partial charge in [0.05, 0.1) is 23.2 Å². The van der Waals surface area contributed by atoms with Crippen LogP contribution in [0.15, 0.2) is 82.7 Å². The Morgan fingerprint density at radius 3 is 2.55 bits per heavy atom. The van der Waals surface area contributed by atoms with Gasteiger partial charge in [-0.1, -0.05) is 73.6 Å². The van der Waals surface area contributed by atoms with Gasteiger partial charge in [0.25, 0.3) is 5.56 Å². The van der Waals surface area contributed by atoms with Crippen molar-refractivity contribution in [1.29, 1.82) is 0 Å². The third kappa shape index (κ3) is 5.64. The van der Waals surface area contributed by atoms with Gasteiger partial charge in [-0.2, -0.15) is 0 Å². The zero-order valence-corrected chi connectivity index (χ0v) is 20.0. The van der Waals surface area contributed by atoms with E-state index in [9.17, 15) is 9.59 Å². The molecule has 4 aromatic rings. The third-order valence-electron chi connectivity index (χ3n) is 5.25. The summed E-state index contributed by atoms with van der Waals surface area (Å²) in [6, 6.07) is 22.5. The molecule has 3 aromatic carbocycles. The minimum atomic E-state index is -0.158. The molecule has 0 saturated carbocycles. The highest BCUT2D eigenvalue weighted by Crippen LogP contribution is 2.21. The number of carbonyl (C=O) groups excluding carboxylic acids is 1. The molecule has 0 radical (unpaired) electrons. The van der Waals surface area contributed by atoms with Gasteiger partial charge in [-0.15, -0.1) is 0 Å². The number of benzene rings is 3. The first-order valence-corrected chi connectivity index (χ1v) is 12.0. The Balaban J connectivity index is 1.56. The minimum Gasteiger partial charge on any atom is -0.325 e. The molecule has 0 atom stereocenters. The molecular formula is C26H24ClN3O2S. The van der Waals surface area contributed by atoms with Crippen molar-refractivity contribution in [3.8, 4) is 0 Å². The van der Waals surface area contributed by atoms with E-state index in [1.54, 1.807) is 22.8 Å². The first-order chi connectivity index (χ1) is 15.9. The highest BCUT2D eigenvalue weighted by molar-refractivity contribution is 7.99. The average Bonchev–Trinajstić information content (AvgIpc) is 2.80. The van der Waals surface area contributed by atoms with Crippen LogP contribution in [0.1, 0.15) is 30.9 Å². The van der Waals surface area contributed by atoms with Gasteiger partial charge in [0.15, 0.2) is 5.16 Å². The summed E-state index contributed by atoms with van der Waals surface area (Å²) in [5.74, 6) is 0.404. The molecule has 5 nitrogen and oxygen atoms in total. The van der Waals surface area contributed by atoms with Crippen LogP contribution in [-0.4, -0.2) is 21.2 Å². The molecule has 0 aliphatic rings. The predicted molar refractivity (Wildman–Crippen MR) is 136 cm³/mol. The van der Waals surface area contributed by atoms with E-state index in [0.29, 0.717) is 33.5 Å². The van der Waals surface area contributed by atoms with Crippen LogP contribution in [0, 0.1) is 0 Å². The van der Waals surface area contributed by atoms with E-state index in [0.717, 1.165) is 11.3 Å². The quantitative estimate of drug-likeness (QED) is 0.264. The molecule has 1 aromatic heterocycles. The van der Waals surface area contributed by atoms with Gasteiger partial charge in [-0.25, -0.2) is 4.98 Å². The van der Waals surface area contributed by atoms with Crippen LogP contribution in [0.5, 0.6) is 0 Å². The first kappa shape index (κ1) is 23.1. The van der Waals surface area contributed by atoms with Crippen LogP contribution in [-0.2, 0) is 11.3 Å². The van der Waals surface area contributed by atoms with Crippen molar-refractivity contribution >= 4 is 45.9 Å². The number of hydrogen-bond acceptors (Lipinski definition) is 4. The molecule has 1 heterocycles. The van der Waals surface area contributed by atoms with Gasteiger partial charge < -0.3 is 5.32 Å². The molecule has 168 valence electrons. The number of nitrogens with zero attached hydrogens (tertiary/aromatic N) is 2. The van der Waals surface area contributed by atoms with Crippen LogP contribution < -0.4 is 10.9 Å². The lowest BCUT2D eigenvalue weighted by Gasteiger charge is -2.14. The van der Waals surface area contributed by atoms with Crippen LogP contribution in [0.4, 0.5) is 5.69 Å². The number of para-hydroxylation sites is 1. The van der Waals surface area contributed by atoms with E-state index in [2.05, 4.69) is 24.1 Å². The van der Waals surface area contributed by atoms with Crippen molar-refractivity contribution in [2.45, 2.75) is 31.5 Å². The maximum Gasteiger partial charge on any atom is 0.262 e. The zero-order valence-electron chi connectivity index (χ0n) is 18.4. The van der Waals surface area contributed by atoms with Crippen molar-refractivity contribution in [3.05, 3.63) is 99.3 Å². The van der Waals surface area contributed by atoms with Gasteiger partial charge in [0, 0.05) is 10.7 Å². The molecule has 0 fully saturated rings. The SMILES string of the molecule is CC(C)c1ccc(NC(=O)CSc2nc3ccccc3c(=O)n2Cc2cccc(Cl)c2)cc1. The number of amides is 1. The molecule has 7 heteroatoms. The number of carbonyl (C=O) groups is 1. The molecule has 0 aliphatic heterocycles. The van der Waals surface area contributed by atoms with Gasteiger partial charge in [-0.3, -0.25) is 14.2 Å². The Hall–Kier alpha value is -3.09. The summed E-state index contributed by atoms with van der Waals surface area (Å²) in [4.78, 5) is 30.5. The third-order valence-corrected chi connectivity index (χ3v) is 6.46. The van der Waals surface area contributed by atoms with E-state index in [1.165, 1.54) is 17.3 Å². The molecule has 1 N–H and O–H groups in total. The topological polar surface area (TPSA) is 64.0 Å². The fraction of sp³-hybridized carbons (Fsp3) is 0.192. The van der Waals surface area contributed by atoms with Gasteiger partial charge >= 0.3 is 0 Å². The van der Waals surface area contributed by atoms with Crippen molar-refractivity contribution < 1.29 is 4.79 Å². The Labute approximate surface area is 201 Å². The van der Waals surface area contributed by atoms with E-state index in [1.807, 2.05) is 54.6 Å². The second-order valence-corrected chi connectivity index (χ2v) is 9.43. The standard InChI is InChI=1S/C26H24ClN3O2S/c1-17(2)19-10-12-21(13-11-19)28-24(31)16-33-26-29-23-9-4-3-8-22(23)25(32)30(26)15-18-6-5-7-20(27)14-18/h3-14,17H,15-16H2,1-2H3,(H,28,31). The fourth-order valence-corrected chi connectivity index (χ4v) is 4.51. The molecule has 1 amide bonds. The van der Waals surface area contributed by atoms with E-state index in [-0.39, 0.29) is 17.2 Å². The highest BCUT2D eigenvalue weighted by atomic mass is 35.5. The van der Waals surface area contributed by atoms with Crippen molar-refractivity contribution in [3.63, 3.8) is 0 Å². The van der Waals surface area contributed by atoms with Crippen molar-refractivity contribution in [2.24, 2.45) is 0 Å². The Bertz CT molecular complexity index is 1350. The van der Waals surface area contributed by atoms with E-state index < -0.39 is 0 Å². The second-order valence-electron chi connectivity index (χ2n) is 8.05. The highest BCUT2D eigenvalue weighted by Gasteiger charge is 2.14. The summed E-state index contributed by atoms with van der Waals surface area (Å²) in [6.07, 6.45) is 0. The zero-order chi connectivity index (χ0) is 23.4. The van der Waals surface area contributed by atoms with E-state index in [4.69, 9.17) is 11.6 Å². The van der Waals surface area contributed by atoms with Gasteiger partial charge in [0.1, 0.15) is 0 Å². The summed E-state index contributed by atoms with van der Waals surface area (Å²) < 4.78 is 1.60. The largest absolute Gasteiger partial charge is 0.325 e. The second kappa shape index (κ2) is 10.2. The molecule has 0 saturated heterocycles. The van der Waals surface area contributed by atoms with Crippen molar-refractivity contribution in [1.82, 2.24) is 9.55 Å². The number of nitrogens with one attached hydrogen (secondary N) is 1. The number of aromatic nitrogens is 2. The van der Waals surface area contributed by atoms with E-state index >= 15 is 0 Å². The molecule has 0 spiro atoms. The Morgan fingerprint density at radius 2 is 1.82 bits per heavy atom. The minimum absolute atomic E-state index is 0.131. The average molecular weight is 478 g/mol. The normalized spacial score (nSPS) is 11.2. The number of hydrogen-bond donors (Lipinski definition) is 1. The summed E-state index contributed by atoms with van der Waals surface area (Å²) in [5, 5.41) is 4.55. The predicted octanol–water partition coefficient (Wildman–Crippen LogP) is 5.95. The number of fused-ring (bicyclic) bond motifs is 1. The monoisotopic (exact) mass is 477 g/mol. The summed E-state index contributed by atoms with van der Waals surface area (Å²) in [5.41, 5.74) is 3.31. The lowest BCUT2D eigenvalue weighted by Crippen LogP contribution is -2.25. The first-order valence-electron chi connectivity index (χ1n) is 10.7. The van der Waals surface area contributed by atoms with Gasteiger partial charge in [-0.05, 0) is 53.4 Å². The molecular weight excluding hydrogens is 454 g/mol. The lowest BCUT2D eigenvalue weighted by atomic mass is 10.0. The maximum atomic E-state index is 13.2. The molecule has 0 bridgehead atoms. The summed E-state index contributed by atoms with van der Waals surface area (Å²) >= 11 is 7.37. The van der Waals surface area contributed by atoms with Crippen LogP contribution in [0.3, 0.4) is 0 Å². The number of rotatable bonds is 7. The van der Waals surface area contributed by atoms with Gasteiger partial charge in [0.2, 0.25) is 5.91 Å². The Kier molecular flexibility index (Phi) is 7.16. The van der Waals surface area contributed by atoms with Crippen molar-refractivity contribution in [2.75, 3.05) is 11.1 Å². The molecule has 0 unspecified atom stereocenters. The number of halogens is 1. The molecule has 33 heavy (non-hydrogen) atoms. The summed E-state index contributed by atoms with van der Waals surface area (Å²) in [6.45, 7) is 4.57. The van der Waals surface area contributed by atoms with Crippen LogP contribution >= 0.6 is 23.4 Å². The van der Waals surface area contributed by atoms with Crippen LogP contribution in [0.2, 0.25) is 5.02 Å². The fourth-order valence-electron chi connectivity index (χ4n) is 3.49. The maximum absolute atomic E-state index is 13.2. The molecule has 0 aliphatic carbocycles. The summed E-state index contributed by atoms with van der Waals surface area (Å²) in [7, 11) is 0. The number of thioether (sulfide) groups is 1. The smallest absolute Gasteiger partial charge is 0.262 e. The molecule has 4 rings (SSSR count). The number of anilines is 1. The lowest BCUT2D eigenvalue weighted by molar-refractivity contribution is -0.113. The Morgan fingerprint density at radius 1 is 1.06 bits per heavy atom. The van der Waals surface area contributed by atoms with Crippen LogP contribution in [0.25, 0.3) is 10.9 Å².